The maximum atomic E-state index is 6.00. The van der Waals surface area contributed by atoms with Crippen LogP contribution < -0.4 is 4.90 Å². The van der Waals surface area contributed by atoms with Crippen LogP contribution >= 0.6 is 23.4 Å². The molecule has 0 amide bonds. The topological polar surface area (TPSA) is 25.4 Å². The first-order valence-corrected chi connectivity index (χ1v) is 6.82. The molecule has 2 rings (SSSR count). The Hall–Kier alpha value is -0.450. The summed E-state index contributed by atoms with van der Waals surface area (Å²) in [4.78, 5) is 6.53. The molecule has 0 spiro atoms. The van der Waals surface area contributed by atoms with Crippen LogP contribution in [0.15, 0.2) is 17.2 Å². The molecule has 1 aromatic heterocycles. The molecule has 2 heterocycles. The van der Waals surface area contributed by atoms with E-state index in [4.69, 9.17) is 16.3 Å². The monoisotopic (exact) mass is 258 g/mol. The van der Waals surface area contributed by atoms with Gasteiger partial charge in [-0.3, -0.25) is 0 Å². The molecule has 5 heteroatoms. The van der Waals surface area contributed by atoms with E-state index in [1.54, 1.807) is 18.9 Å². The van der Waals surface area contributed by atoms with Crippen LogP contribution in [0.1, 0.15) is 6.42 Å². The van der Waals surface area contributed by atoms with E-state index in [-0.39, 0.29) is 0 Å². The van der Waals surface area contributed by atoms with Gasteiger partial charge in [-0.25, -0.2) is 4.98 Å². The van der Waals surface area contributed by atoms with Gasteiger partial charge in [0.05, 0.1) is 11.1 Å². The number of anilines is 1. The zero-order valence-corrected chi connectivity index (χ0v) is 11.0. The fourth-order valence-corrected chi connectivity index (χ4v) is 2.58. The SMILES string of the molecule is COC1CCN(c2cc(Cl)nc(SC)c2)C1. The minimum atomic E-state index is 0.338. The minimum Gasteiger partial charge on any atom is -0.380 e. The highest BCUT2D eigenvalue weighted by molar-refractivity contribution is 7.98. The highest BCUT2D eigenvalue weighted by atomic mass is 35.5. The highest BCUT2D eigenvalue weighted by Gasteiger charge is 2.22. The average Bonchev–Trinajstić information content (AvgIpc) is 2.76. The number of methoxy groups -OCH3 is 1. The summed E-state index contributed by atoms with van der Waals surface area (Å²) in [6.45, 7) is 1.96. The Bertz CT molecular complexity index is 375. The summed E-state index contributed by atoms with van der Waals surface area (Å²) in [7, 11) is 1.76. The lowest BCUT2D eigenvalue weighted by atomic mass is 10.3. The first kappa shape index (κ1) is 12.0. The van der Waals surface area contributed by atoms with Crippen LogP contribution in [-0.2, 0) is 4.74 Å². The Balaban J connectivity index is 2.17. The molecule has 1 aliphatic heterocycles. The van der Waals surface area contributed by atoms with Gasteiger partial charge in [0.15, 0.2) is 0 Å². The standard InChI is InChI=1S/C11H15ClN2OS/c1-15-9-3-4-14(7-9)8-5-10(12)13-11(6-8)16-2/h5-6,9H,3-4,7H2,1-2H3. The lowest BCUT2D eigenvalue weighted by molar-refractivity contribution is 0.121. The molecule has 1 unspecified atom stereocenters. The zero-order valence-electron chi connectivity index (χ0n) is 9.44. The van der Waals surface area contributed by atoms with Crippen molar-refractivity contribution in [3.63, 3.8) is 0 Å². The number of hydrogen-bond acceptors (Lipinski definition) is 4. The van der Waals surface area contributed by atoms with Crippen molar-refractivity contribution in [2.24, 2.45) is 0 Å². The molecule has 0 N–H and O–H groups in total. The average molecular weight is 259 g/mol. The molecule has 1 aliphatic rings. The summed E-state index contributed by atoms with van der Waals surface area (Å²) in [6.07, 6.45) is 3.42. The Labute approximate surface area is 105 Å². The van der Waals surface area contributed by atoms with E-state index in [1.165, 1.54) is 0 Å². The largest absolute Gasteiger partial charge is 0.380 e. The summed E-state index contributed by atoms with van der Waals surface area (Å²) in [5.41, 5.74) is 1.14. The number of thioether (sulfide) groups is 1. The van der Waals surface area contributed by atoms with E-state index < -0.39 is 0 Å². The summed E-state index contributed by atoms with van der Waals surface area (Å²) in [6, 6.07) is 3.99. The van der Waals surface area contributed by atoms with Crippen LogP contribution in [0.4, 0.5) is 5.69 Å². The summed E-state index contributed by atoms with van der Waals surface area (Å²) < 4.78 is 5.35. The maximum absolute atomic E-state index is 6.00. The van der Waals surface area contributed by atoms with Gasteiger partial charge in [0.25, 0.3) is 0 Å². The molecule has 1 atom stereocenters. The fourth-order valence-electron chi connectivity index (χ4n) is 1.90. The van der Waals surface area contributed by atoms with Gasteiger partial charge in [0, 0.05) is 25.9 Å². The summed E-state index contributed by atoms with van der Waals surface area (Å²) in [5, 5.41) is 1.52. The van der Waals surface area contributed by atoms with Crippen LogP contribution in [0.2, 0.25) is 5.15 Å². The van der Waals surface area contributed by atoms with Crippen LogP contribution in [0.25, 0.3) is 0 Å². The molecule has 0 aromatic carbocycles. The van der Waals surface area contributed by atoms with Crippen LogP contribution in [-0.4, -0.2) is 37.5 Å². The Morgan fingerprint density at radius 3 is 3.00 bits per heavy atom. The summed E-state index contributed by atoms with van der Waals surface area (Å²) in [5.74, 6) is 0. The van der Waals surface area contributed by atoms with Gasteiger partial charge >= 0.3 is 0 Å². The van der Waals surface area contributed by atoms with Gasteiger partial charge in [0.1, 0.15) is 5.15 Å². The molecule has 88 valence electrons. The van der Waals surface area contributed by atoms with Crippen molar-refractivity contribution >= 4 is 29.1 Å². The van der Waals surface area contributed by atoms with Crippen molar-refractivity contribution in [2.75, 3.05) is 31.4 Å². The molecule has 1 aromatic rings. The Kier molecular flexibility index (Phi) is 3.95. The van der Waals surface area contributed by atoms with Gasteiger partial charge in [-0.05, 0) is 24.8 Å². The van der Waals surface area contributed by atoms with Gasteiger partial charge in [0.2, 0.25) is 0 Å². The van der Waals surface area contributed by atoms with Crippen LogP contribution in [0.3, 0.4) is 0 Å². The summed E-state index contributed by atoms with van der Waals surface area (Å²) >= 11 is 7.60. The lowest BCUT2D eigenvalue weighted by Crippen LogP contribution is -2.22. The Morgan fingerprint density at radius 2 is 2.38 bits per heavy atom. The lowest BCUT2D eigenvalue weighted by Gasteiger charge is -2.19. The smallest absolute Gasteiger partial charge is 0.132 e. The number of ether oxygens (including phenoxy) is 1. The van der Waals surface area contributed by atoms with Gasteiger partial charge in [-0.15, -0.1) is 11.8 Å². The zero-order chi connectivity index (χ0) is 11.5. The van der Waals surface area contributed by atoms with Crippen molar-refractivity contribution in [3.05, 3.63) is 17.3 Å². The molecule has 16 heavy (non-hydrogen) atoms. The van der Waals surface area contributed by atoms with E-state index >= 15 is 0 Å². The number of halogens is 1. The third kappa shape index (κ3) is 2.62. The fraction of sp³-hybridized carbons (Fsp3) is 0.545. The molecule has 0 radical (unpaired) electrons. The third-order valence-corrected chi connectivity index (χ3v) is 3.63. The second-order valence-corrected chi connectivity index (χ2v) is 5.00. The molecular formula is C11H15ClN2OS. The van der Waals surface area contributed by atoms with Gasteiger partial charge in [-0.2, -0.15) is 0 Å². The first-order chi connectivity index (χ1) is 7.72. The van der Waals surface area contributed by atoms with Crippen molar-refractivity contribution in [2.45, 2.75) is 17.6 Å². The van der Waals surface area contributed by atoms with Crippen molar-refractivity contribution in [1.82, 2.24) is 4.98 Å². The van der Waals surface area contributed by atoms with Crippen molar-refractivity contribution in [3.8, 4) is 0 Å². The van der Waals surface area contributed by atoms with E-state index in [9.17, 15) is 0 Å². The molecule has 0 aliphatic carbocycles. The number of rotatable bonds is 3. The normalized spacial score (nSPS) is 20.4. The first-order valence-electron chi connectivity index (χ1n) is 5.22. The van der Waals surface area contributed by atoms with Crippen LogP contribution in [0, 0.1) is 0 Å². The second-order valence-electron chi connectivity index (χ2n) is 3.78. The van der Waals surface area contributed by atoms with E-state index in [2.05, 4.69) is 16.0 Å². The maximum Gasteiger partial charge on any atom is 0.132 e. The Morgan fingerprint density at radius 1 is 1.56 bits per heavy atom. The second kappa shape index (κ2) is 5.25. The quantitative estimate of drug-likeness (QED) is 0.615. The third-order valence-electron chi connectivity index (χ3n) is 2.81. The van der Waals surface area contributed by atoms with E-state index in [0.29, 0.717) is 11.3 Å². The van der Waals surface area contributed by atoms with Crippen molar-refractivity contribution in [1.29, 1.82) is 0 Å². The minimum absolute atomic E-state index is 0.338. The molecule has 0 saturated carbocycles. The molecule has 1 fully saturated rings. The van der Waals surface area contributed by atoms with Gasteiger partial charge in [-0.1, -0.05) is 11.6 Å². The molecule has 0 bridgehead atoms. The highest BCUT2D eigenvalue weighted by Crippen LogP contribution is 2.27. The van der Waals surface area contributed by atoms with E-state index in [0.717, 1.165) is 30.2 Å². The molecule has 3 nitrogen and oxygen atoms in total. The molecular weight excluding hydrogens is 244 g/mol. The number of aromatic nitrogens is 1. The van der Waals surface area contributed by atoms with Crippen LogP contribution in [0.5, 0.6) is 0 Å². The number of hydrogen-bond donors (Lipinski definition) is 0. The predicted molar refractivity (Wildman–Crippen MR) is 68.7 cm³/mol. The molecule has 1 saturated heterocycles. The predicted octanol–water partition coefficient (Wildman–Crippen LogP) is 2.68. The van der Waals surface area contributed by atoms with Crippen molar-refractivity contribution < 1.29 is 4.74 Å². The van der Waals surface area contributed by atoms with E-state index in [1.807, 2.05) is 12.3 Å². The van der Waals surface area contributed by atoms with Gasteiger partial charge < -0.3 is 9.64 Å². The number of nitrogens with zero attached hydrogens (tertiary/aromatic N) is 2. The number of pyridine rings is 1.